The van der Waals surface area contributed by atoms with Crippen molar-refractivity contribution in [1.29, 1.82) is 5.26 Å². The van der Waals surface area contributed by atoms with Gasteiger partial charge in [-0.25, -0.2) is 4.39 Å². The van der Waals surface area contributed by atoms with E-state index in [9.17, 15) is 9.50 Å². The number of ether oxygens (including phenoxy) is 1. The zero-order valence-corrected chi connectivity index (χ0v) is 15.2. The molecule has 26 heavy (non-hydrogen) atoms. The number of nitriles is 1. The molecule has 0 saturated carbocycles. The molecular formula is C20H24FN3O2. The standard InChI is InChI=1S/C20H24FN3O2/c1-3-9-24(12-15(2)13-25)19-5-4-6-20(23-19)26-14-17-8-7-16(11-22)10-18(17)21/h4-8,10,15,25H,3,9,12-14H2,1-2H3/t15-/m1/s1. The number of aromatic nitrogens is 1. The third-order valence-electron chi connectivity index (χ3n) is 3.93. The van der Waals surface area contributed by atoms with Crippen LogP contribution in [0.1, 0.15) is 31.4 Å². The maximum absolute atomic E-state index is 13.9. The van der Waals surface area contributed by atoms with E-state index in [1.165, 1.54) is 6.07 Å². The van der Waals surface area contributed by atoms with Crippen molar-refractivity contribution < 1.29 is 14.2 Å². The van der Waals surface area contributed by atoms with Crippen LogP contribution in [0.25, 0.3) is 0 Å². The van der Waals surface area contributed by atoms with Gasteiger partial charge in [-0.15, -0.1) is 0 Å². The minimum absolute atomic E-state index is 0.0365. The Labute approximate surface area is 153 Å². The van der Waals surface area contributed by atoms with Gasteiger partial charge in [-0.1, -0.05) is 26.0 Å². The highest BCUT2D eigenvalue weighted by Gasteiger charge is 2.12. The molecule has 0 unspecified atom stereocenters. The number of aliphatic hydroxyl groups excluding tert-OH is 1. The topological polar surface area (TPSA) is 69.4 Å². The molecule has 1 atom stereocenters. The summed E-state index contributed by atoms with van der Waals surface area (Å²) in [6, 6.07) is 11.7. The number of rotatable bonds is 9. The molecule has 0 radical (unpaired) electrons. The van der Waals surface area contributed by atoms with Crippen molar-refractivity contribution >= 4 is 5.82 Å². The fraction of sp³-hybridized carbons (Fsp3) is 0.400. The van der Waals surface area contributed by atoms with Gasteiger partial charge in [-0.3, -0.25) is 0 Å². The van der Waals surface area contributed by atoms with Crippen LogP contribution in [0.2, 0.25) is 0 Å². The molecule has 0 aliphatic heterocycles. The summed E-state index contributed by atoms with van der Waals surface area (Å²) < 4.78 is 19.6. The Morgan fingerprint density at radius 2 is 2.15 bits per heavy atom. The maximum Gasteiger partial charge on any atom is 0.215 e. The lowest BCUT2D eigenvalue weighted by Crippen LogP contribution is -2.31. The van der Waals surface area contributed by atoms with Crippen LogP contribution in [-0.2, 0) is 6.61 Å². The highest BCUT2D eigenvalue weighted by molar-refractivity contribution is 5.41. The van der Waals surface area contributed by atoms with Gasteiger partial charge in [0.2, 0.25) is 5.88 Å². The monoisotopic (exact) mass is 357 g/mol. The van der Waals surface area contributed by atoms with Crippen molar-refractivity contribution in [2.24, 2.45) is 5.92 Å². The van der Waals surface area contributed by atoms with Crippen LogP contribution >= 0.6 is 0 Å². The fourth-order valence-electron chi connectivity index (χ4n) is 2.55. The number of benzene rings is 1. The molecule has 0 aliphatic rings. The second-order valence-electron chi connectivity index (χ2n) is 6.27. The molecule has 2 aromatic rings. The van der Waals surface area contributed by atoms with Gasteiger partial charge >= 0.3 is 0 Å². The number of hydrogen-bond donors (Lipinski definition) is 1. The minimum atomic E-state index is -0.468. The summed E-state index contributed by atoms with van der Waals surface area (Å²) in [7, 11) is 0. The molecule has 1 aromatic carbocycles. The van der Waals surface area contributed by atoms with Crippen LogP contribution in [0.4, 0.5) is 10.2 Å². The first-order chi connectivity index (χ1) is 12.6. The van der Waals surface area contributed by atoms with Crippen molar-refractivity contribution in [3.05, 3.63) is 53.3 Å². The van der Waals surface area contributed by atoms with E-state index in [4.69, 9.17) is 10.00 Å². The Balaban J connectivity index is 2.09. The Morgan fingerprint density at radius 1 is 1.35 bits per heavy atom. The smallest absolute Gasteiger partial charge is 0.215 e. The number of halogens is 1. The van der Waals surface area contributed by atoms with Crippen LogP contribution in [0.15, 0.2) is 36.4 Å². The van der Waals surface area contributed by atoms with E-state index in [0.29, 0.717) is 18.0 Å². The van der Waals surface area contributed by atoms with E-state index in [-0.39, 0.29) is 24.7 Å². The first kappa shape index (κ1) is 19.7. The lowest BCUT2D eigenvalue weighted by atomic mass is 10.1. The van der Waals surface area contributed by atoms with Crippen molar-refractivity contribution in [1.82, 2.24) is 4.98 Å². The average Bonchev–Trinajstić information content (AvgIpc) is 2.66. The molecule has 1 N–H and O–H groups in total. The van der Waals surface area contributed by atoms with Gasteiger partial charge in [0.1, 0.15) is 18.2 Å². The predicted octanol–water partition coefficient (Wildman–Crippen LogP) is 3.52. The lowest BCUT2D eigenvalue weighted by molar-refractivity contribution is 0.239. The molecule has 5 nitrogen and oxygen atoms in total. The van der Waals surface area contributed by atoms with E-state index in [1.807, 2.05) is 25.1 Å². The molecule has 6 heteroatoms. The number of nitrogens with zero attached hydrogens (tertiary/aromatic N) is 3. The summed E-state index contributed by atoms with van der Waals surface area (Å²) in [5, 5.41) is 18.1. The largest absolute Gasteiger partial charge is 0.473 e. The Hall–Kier alpha value is -2.65. The fourth-order valence-corrected chi connectivity index (χ4v) is 2.55. The van der Waals surface area contributed by atoms with Gasteiger partial charge < -0.3 is 14.7 Å². The lowest BCUT2D eigenvalue weighted by Gasteiger charge is -2.26. The number of pyridine rings is 1. The Kier molecular flexibility index (Phi) is 7.37. The summed E-state index contributed by atoms with van der Waals surface area (Å²) in [6.45, 7) is 5.75. The molecule has 0 bridgehead atoms. The summed E-state index contributed by atoms with van der Waals surface area (Å²) in [6.07, 6.45) is 0.960. The second kappa shape index (κ2) is 9.73. The van der Waals surface area contributed by atoms with Gasteiger partial charge in [0, 0.05) is 31.3 Å². The highest BCUT2D eigenvalue weighted by Crippen LogP contribution is 2.19. The minimum Gasteiger partial charge on any atom is -0.473 e. The first-order valence-corrected chi connectivity index (χ1v) is 8.71. The van der Waals surface area contributed by atoms with Crippen molar-refractivity contribution in [3.63, 3.8) is 0 Å². The van der Waals surface area contributed by atoms with Crippen molar-refractivity contribution in [3.8, 4) is 11.9 Å². The predicted molar refractivity (Wildman–Crippen MR) is 98.4 cm³/mol. The molecule has 0 aliphatic carbocycles. The number of aliphatic hydroxyl groups is 1. The number of hydrogen-bond acceptors (Lipinski definition) is 5. The molecule has 1 heterocycles. The molecule has 1 aromatic heterocycles. The Bertz CT molecular complexity index is 761. The van der Waals surface area contributed by atoms with E-state index in [2.05, 4.69) is 16.8 Å². The summed E-state index contributed by atoms with van der Waals surface area (Å²) in [4.78, 5) is 6.61. The van der Waals surface area contributed by atoms with Gasteiger partial charge in [-0.05, 0) is 30.5 Å². The molecular weight excluding hydrogens is 333 g/mol. The van der Waals surface area contributed by atoms with Gasteiger partial charge in [-0.2, -0.15) is 10.2 Å². The van der Waals surface area contributed by atoms with Crippen molar-refractivity contribution in [2.75, 3.05) is 24.6 Å². The summed E-state index contributed by atoms with van der Waals surface area (Å²) in [5.74, 6) is 0.846. The molecule has 0 fully saturated rings. The van der Waals surface area contributed by atoms with Gasteiger partial charge in [0.15, 0.2) is 0 Å². The third-order valence-corrected chi connectivity index (χ3v) is 3.93. The molecule has 0 amide bonds. The van der Waals surface area contributed by atoms with E-state index >= 15 is 0 Å². The van der Waals surface area contributed by atoms with Gasteiger partial charge in [0.25, 0.3) is 0 Å². The van der Waals surface area contributed by atoms with Crippen LogP contribution in [0.5, 0.6) is 5.88 Å². The van der Waals surface area contributed by atoms with Crippen LogP contribution in [0, 0.1) is 23.1 Å². The third kappa shape index (κ3) is 5.43. The Morgan fingerprint density at radius 3 is 2.81 bits per heavy atom. The molecule has 0 saturated heterocycles. The first-order valence-electron chi connectivity index (χ1n) is 8.71. The zero-order chi connectivity index (χ0) is 18.9. The highest BCUT2D eigenvalue weighted by atomic mass is 19.1. The quantitative estimate of drug-likeness (QED) is 0.744. The maximum atomic E-state index is 13.9. The van der Waals surface area contributed by atoms with E-state index < -0.39 is 5.82 Å². The molecule has 138 valence electrons. The normalized spacial score (nSPS) is 11.7. The average molecular weight is 357 g/mol. The zero-order valence-electron chi connectivity index (χ0n) is 15.2. The van der Waals surface area contributed by atoms with Crippen LogP contribution in [0.3, 0.4) is 0 Å². The number of anilines is 1. The van der Waals surface area contributed by atoms with Crippen LogP contribution < -0.4 is 9.64 Å². The summed E-state index contributed by atoms with van der Waals surface area (Å²) in [5.41, 5.74) is 0.648. The SMILES string of the molecule is CCCN(C[C@@H](C)CO)c1cccc(OCc2ccc(C#N)cc2F)n1. The molecule has 0 spiro atoms. The second-order valence-corrected chi connectivity index (χ2v) is 6.27. The van der Waals surface area contributed by atoms with Crippen molar-refractivity contribution in [2.45, 2.75) is 26.9 Å². The van der Waals surface area contributed by atoms with E-state index in [0.717, 1.165) is 18.8 Å². The van der Waals surface area contributed by atoms with Gasteiger partial charge in [0.05, 0.1) is 11.6 Å². The van der Waals surface area contributed by atoms with E-state index in [1.54, 1.807) is 18.2 Å². The van der Waals surface area contributed by atoms with Crippen LogP contribution in [-0.4, -0.2) is 29.8 Å². The molecule has 2 rings (SSSR count). The summed E-state index contributed by atoms with van der Waals surface area (Å²) >= 11 is 0.